The van der Waals surface area contributed by atoms with E-state index in [9.17, 15) is 0 Å². The molecule has 16 heteroatoms. The predicted octanol–water partition coefficient (Wildman–Crippen LogP) is 12.2. The molecule has 8 heterocycles. The van der Waals surface area contributed by atoms with E-state index in [-0.39, 0.29) is 32.5 Å². The molecule has 0 aromatic carbocycles. The van der Waals surface area contributed by atoms with Crippen molar-refractivity contribution >= 4 is 0 Å². The quantitative estimate of drug-likeness (QED) is 0.108. The number of morpholine rings is 1. The van der Waals surface area contributed by atoms with E-state index in [2.05, 4.69) is 225 Å². The van der Waals surface area contributed by atoms with Crippen molar-refractivity contribution < 1.29 is 14.2 Å². The van der Waals surface area contributed by atoms with Gasteiger partial charge in [0.25, 0.3) is 0 Å². The normalized spacial score (nSPS) is 14.4. The molecule has 0 radical (unpaired) electrons. The van der Waals surface area contributed by atoms with Crippen LogP contribution in [-0.2, 0) is 64.9 Å². The van der Waals surface area contributed by atoms with Crippen molar-refractivity contribution in [3.05, 3.63) is 120 Å². The van der Waals surface area contributed by atoms with Gasteiger partial charge in [0.05, 0.1) is 44.5 Å². The highest BCUT2D eigenvalue weighted by Crippen LogP contribution is 2.26. The maximum Gasteiger partial charge on any atom is 0.213 e. The maximum atomic E-state index is 5.68. The third kappa shape index (κ3) is 27.8. The zero-order chi connectivity index (χ0) is 61.5. The van der Waals surface area contributed by atoms with Crippen LogP contribution in [0.4, 0.5) is 0 Å². The molecule has 2 saturated heterocycles. The van der Waals surface area contributed by atoms with E-state index in [0.717, 1.165) is 89.6 Å². The molecular weight excluding hydrogens is 1020 g/mol. The van der Waals surface area contributed by atoms with Gasteiger partial charge >= 0.3 is 0 Å². The summed E-state index contributed by atoms with van der Waals surface area (Å²) in [6, 6.07) is 12.2. The molecule has 6 aromatic heterocycles. The minimum absolute atomic E-state index is 0.149. The van der Waals surface area contributed by atoms with Gasteiger partial charge < -0.3 is 19.1 Å². The highest BCUT2D eigenvalue weighted by molar-refractivity contribution is 5.25. The second-order valence-electron chi connectivity index (χ2n) is 28.2. The monoisotopic (exact) mass is 1140 g/mol. The SMILES string of the molecule is CC(C)(C)c1ccc(OCCN2CCCC2)nc1.CC(C)(C)c1cnn(CCN2CCOCC2)c1.CN(C)CCCOc1ccc(C(C)(C)C)cn1.Cn1cc(C(C)(C)C)cn1.Cn1ccc(C(C)(C)C)n1.Cn1nccc1C(C)(C)C. The number of aromatic nitrogens is 10. The largest absolute Gasteiger partial charge is 0.478 e. The fraction of sp³-hybridized carbons (Fsp3) is 0.667. The predicted molar refractivity (Wildman–Crippen MR) is 340 cm³/mol. The summed E-state index contributed by atoms with van der Waals surface area (Å²) in [5.41, 5.74) is 8.61. The van der Waals surface area contributed by atoms with Gasteiger partial charge in [0.2, 0.25) is 11.8 Å². The number of hydrogen-bond donors (Lipinski definition) is 0. The first-order chi connectivity index (χ1) is 38.0. The Labute approximate surface area is 497 Å². The maximum absolute atomic E-state index is 5.68. The fourth-order valence-electron chi connectivity index (χ4n) is 8.34. The van der Waals surface area contributed by atoms with Crippen molar-refractivity contribution in [3.8, 4) is 11.8 Å². The average Bonchev–Trinajstić information content (AvgIpc) is 4.26. The topological polar surface area (TPSA) is 134 Å². The third-order valence-corrected chi connectivity index (χ3v) is 14.0. The molecule has 2 aliphatic rings. The van der Waals surface area contributed by atoms with Gasteiger partial charge in [-0.1, -0.05) is 137 Å². The molecule has 2 fully saturated rings. The van der Waals surface area contributed by atoms with Crippen LogP contribution in [-0.4, -0.2) is 150 Å². The molecular formula is C66H113N13O3. The Hall–Kier alpha value is -5.42. The van der Waals surface area contributed by atoms with E-state index >= 15 is 0 Å². The van der Waals surface area contributed by atoms with E-state index in [4.69, 9.17) is 14.2 Å². The second kappa shape index (κ2) is 32.6. The minimum atomic E-state index is 0.149. The fourth-order valence-corrected chi connectivity index (χ4v) is 8.34. The van der Waals surface area contributed by atoms with Crippen LogP contribution in [0.25, 0.3) is 0 Å². The molecule has 6 aromatic rings. The summed E-state index contributed by atoms with van der Waals surface area (Å²) in [5, 5.41) is 16.9. The van der Waals surface area contributed by atoms with Gasteiger partial charge in [0, 0.05) is 120 Å². The Morgan fingerprint density at radius 3 is 1.38 bits per heavy atom. The second-order valence-corrected chi connectivity index (χ2v) is 28.2. The molecule has 0 atom stereocenters. The van der Waals surface area contributed by atoms with Crippen LogP contribution in [0.1, 0.15) is 178 Å². The van der Waals surface area contributed by atoms with Crippen molar-refractivity contribution in [2.24, 2.45) is 21.1 Å². The molecule has 8 rings (SSSR count). The summed E-state index contributed by atoms with van der Waals surface area (Å²) < 4.78 is 24.2. The zero-order valence-electron chi connectivity index (χ0n) is 55.7. The van der Waals surface area contributed by atoms with Crippen LogP contribution in [0, 0.1) is 0 Å². The lowest BCUT2D eigenvalue weighted by molar-refractivity contribution is 0.0359. The zero-order valence-corrected chi connectivity index (χ0v) is 55.7. The standard InChI is InChI=1S/C15H24N2O.C14H24N2O.C13H23N3O.3C8H14N2/c1-15(2,3)13-6-7-14(16-12-13)18-11-10-17-8-4-5-9-17;1-14(2,3)12-7-8-13(15-11-12)17-10-6-9-16(4)5;1-13(2,3)12-10-14-16(11-12)5-4-15-6-8-17-9-7-15;1-8(2,3)7-5-9-10(4)6-7;1-8(2,3)7-5-6-10(4)9-7;1-8(2,3)7-5-6-9-10(7)4/h6-7,12H,4-5,8-11H2,1-3H3;7-8,11H,6,9-10H2,1-5H3;10-11H,4-9H2,1-3H3;3*5-6H,1-4H3. The highest BCUT2D eigenvalue weighted by atomic mass is 16.5. The van der Waals surface area contributed by atoms with Crippen LogP contribution < -0.4 is 9.47 Å². The summed E-state index contributed by atoms with van der Waals surface area (Å²) in [6.45, 7) is 51.2. The summed E-state index contributed by atoms with van der Waals surface area (Å²) in [5.74, 6) is 1.46. The molecule has 0 bridgehead atoms. The van der Waals surface area contributed by atoms with E-state index in [1.54, 1.807) is 0 Å². The average molecular weight is 1140 g/mol. The number of ether oxygens (including phenoxy) is 3. The number of pyridine rings is 2. The minimum Gasteiger partial charge on any atom is -0.478 e. The van der Waals surface area contributed by atoms with Crippen molar-refractivity contribution in [1.29, 1.82) is 0 Å². The molecule has 2 aliphatic heterocycles. The van der Waals surface area contributed by atoms with Gasteiger partial charge in [-0.25, -0.2) is 9.97 Å². The molecule has 0 amide bonds. The van der Waals surface area contributed by atoms with E-state index in [1.807, 2.05) is 84.5 Å². The lowest BCUT2D eigenvalue weighted by Crippen LogP contribution is -2.38. The molecule has 0 unspecified atom stereocenters. The molecule has 0 spiro atoms. The van der Waals surface area contributed by atoms with Crippen molar-refractivity contribution in [3.63, 3.8) is 0 Å². The number of aryl methyl sites for hydroxylation is 3. The van der Waals surface area contributed by atoms with Gasteiger partial charge in [-0.15, -0.1) is 0 Å². The first-order valence-electron chi connectivity index (χ1n) is 29.9. The lowest BCUT2D eigenvalue weighted by atomic mass is 9.88. The van der Waals surface area contributed by atoms with Crippen molar-refractivity contribution in [2.45, 2.75) is 183 Å². The van der Waals surface area contributed by atoms with Crippen LogP contribution in [0.3, 0.4) is 0 Å². The summed E-state index contributed by atoms with van der Waals surface area (Å²) in [7, 11) is 9.98. The molecule has 16 nitrogen and oxygen atoms in total. The Kier molecular flexibility index (Phi) is 28.2. The Morgan fingerprint density at radius 1 is 0.500 bits per heavy atom. The van der Waals surface area contributed by atoms with E-state index in [1.165, 1.54) is 53.9 Å². The van der Waals surface area contributed by atoms with Gasteiger partial charge in [-0.3, -0.25) is 28.5 Å². The van der Waals surface area contributed by atoms with Crippen LogP contribution >= 0.6 is 0 Å². The molecule has 82 heavy (non-hydrogen) atoms. The number of nitrogens with zero attached hydrogens (tertiary/aromatic N) is 13. The summed E-state index contributed by atoms with van der Waals surface area (Å²) >= 11 is 0. The molecule has 0 N–H and O–H groups in total. The summed E-state index contributed by atoms with van der Waals surface area (Å²) in [6.07, 6.45) is 19.4. The first-order valence-corrected chi connectivity index (χ1v) is 29.9. The molecule has 460 valence electrons. The van der Waals surface area contributed by atoms with E-state index < -0.39 is 0 Å². The van der Waals surface area contributed by atoms with E-state index in [0.29, 0.717) is 0 Å². The highest BCUT2D eigenvalue weighted by Gasteiger charge is 2.20. The van der Waals surface area contributed by atoms with Gasteiger partial charge in [0.15, 0.2) is 0 Å². The third-order valence-electron chi connectivity index (χ3n) is 14.0. The molecule has 0 saturated carbocycles. The Bertz CT molecular complexity index is 2580. The Balaban J connectivity index is 0.000000263. The van der Waals surface area contributed by atoms with Crippen LogP contribution in [0.5, 0.6) is 11.8 Å². The van der Waals surface area contributed by atoms with Crippen molar-refractivity contribution in [2.75, 3.05) is 86.3 Å². The van der Waals surface area contributed by atoms with Crippen molar-refractivity contribution in [1.82, 2.24) is 63.8 Å². The van der Waals surface area contributed by atoms with Gasteiger partial charge in [-0.05, 0) is 102 Å². The number of rotatable bonds is 12. The lowest BCUT2D eigenvalue weighted by Gasteiger charge is -2.26. The van der Waals surface area contributed by atoms with Gasteiger partial charge in [0.1, 0.15) is 6.61 Å². The van der Waals surface area contributed by atoms with Crippen LogP contribution in [0.2, 0.25) is 0 Å². The summed E-state index contributed by atoms with van der Waals surface area (Å²) in [4.78, 5) is 15.7. The smallest absolute Gasteiger partial charge is 0.213 e. The first kappa shape index (κ1) is 70.8. The Morgan fingerprint density at radius 2 is 1.01 bits per heavy atom. The number of hydrogen-bond acceptors (Lipinski definition) is 12. The van der Waals surface area contributed by atoms with Crippen LogP contribution in [0.15, 0.2) is 86.0 Å². The molecule has 0 aliphatic carbocycles. The van der Waals surface area contributed by atoms with Gasteiger partial charge in [-0.2, -0.15) is 20.4 Å². The number of likely N-dealkylation sites (tertiary alicyclic amines) is 1.